The highest BCUT2D eigenvalue weighted by atomic mass is 32.2. The van der Waals surface area contributed by atoms with E-state index in [1.54, 1.807) is 11.8 Å². The summed E-state index contributed by atoms with van der Waals surface area (Å²) in [5.74, 6) is 0.229. The van der Waals surface area contributed by atoms with Gasteiger partial charge in [-0.15, -0.1) is 11.8 Å². The number of carbonyl (C=O) groups excluding carboxylic acids is 1. The Kier molecular flexibility index (Phi) is 4.80. The third-order valence-corrected chi connectivity index (χ3v) is 4.31. The molecule has 2 atom stereocenters. The second-order valence-corrected chi connectivity index (χ2v) is 6.02. The Morgan fingerprint density at radius 1 is 0.895 bits per heavy atom. The second kappa shape index (κ2) is 6.58. The van der Waals surface area contributed by atoms with Crippen molar-refractivity contribution in [3.63, 3.8) is 0 Å². The van der Waals surface area contributed by atoms with Gasteiger partial charge in [-0.05, 0) is 24.6 Å². The third kappa shape index (κ3) is 3.71. The largest absolute Gasteiger partial charge is 0.298 e. The second-order valence-electron chi connectivity index (χ2n) is 4.61. The minimum absolute atomic E-state index is 0.0300. The molecule has 0 heterocycles. The molecular formula is C17H18OS. The van der Waals surface area contributed by atoms with Crippen molar-refractivity contribution < 1.29 is 4.79 Å². The van der Waals surface area contributed by atoms with Crippen LogP contribution in [-0.2, 0) is 4.79 Å². The van der Waals surface area contributed by atoms with Gasteiger partial charge >= 0.3 is 0 Å². The molecule has 2 rings (SSSR count). The van der Waals surface area contributed by atoms with E-state index in [0.717, 1.165) is 10.5 Å². The third-order valence-electron chi connectivity index (χ3n) is 3.18. The first kappa shape index (κ1) is 13.9. The van der Waals surface area contributed by atoms with Gasteiger partial charge in [0.25, 0.3) is 0 Å². The molecule has 0 aliphatic carbocycles. The first-order valence-electron chi connectivity index (χ1n) is 6.49. The first-order valence-corrected chi connectivity index (χ1v) is 7.37. The van der Waals surface area contributed by atoms with Gasteiger partial charge in [-0.2, -0.15) is 0 Å². The molecule has 0 aliphatic heterocycles. The van der Waals surface area contributed by atoms with Crippen LogP contribution in [0.1, 0.15) is 25.3 Å². The Morgan fingerprint density at radius 3 is 2.00 bits per heavy atom. The van der Waals surface area contributed by atoms with Crippen molar-refractivity contribution in [3.8, 4) is 0 Å². The predicted molar refractivity (Wildman–Crippen MR) is 81.6 cm³/mol. The topological polar surface area (TPSA) is 17.1 Å². The van der Waals surface area contributed by atoms with E-state index in [9.17, 15) is 4.79 Å². The van der Waals surface area contributed by atoms with Crippen LogP contribution in [0.15, 0.2) is 65.6 Å². The zero-order valence-electron chi connectivity index (χ0n) is 11.2. The number of carbonyl (C=O) groups is 1. The van der Waals surface area contributed by atoms with Crippen molar-refractivity contribution in [2.24, 2.45) is 0 Å². The van der Waals surface area contributed by atoms with E-state index in [1.807, 2.05) is 74.5 Å². The van der Waals surface area contributed by atoms with Crippen molar-refractivity contribution in [1.29, 1.82) is 0 Å². The summed E-state index contributed by atoms with van der Waals surface area (Å²) in [7, 11) is 0. The van der Waals surface area contributed by atoms with Crippen LogP contribution in [0.5, 0.6) is 0 Å². The normalized spacial score (nSPS) is 13.8. The van der Waals surface area contributed by atoms with Crippen LogP contribution in [0.25, 0.3) is 0 Å². The van der Waals surface area contributed by atoms with Crippen molar-refractivity contribution in [2.75, 3.05) is 0 Å². The maximum Gasteiger partial charge on any atom is 0.153 e. The van der Waals surface area contributed by atoms with Crippen molar-refractivity contribution in [1.82, 2.24) is 0 Å². The molecule has 0 amide bonds. The van der Waals surface area contributed by atoms with E-state index >= 15 is 0 Å². The summed E-state index contributed by atoms with van der Waals surface area (Å²) in [6, 6.07) is 20.0. The number of hydrogen-bond acceptors (Lipinski definition) is 2. The van der Waals surface area contributed by atoms with Gasteiger partial charge < -0.3 is 0 Å². The smallest absolute Gasteiger partial charge is 0.153 e. The van der Waals surface area contributed by atoms with E-state index in [1.165, 1.54) is 0 Å². The summed E-state index contributed by atoms with van der Waals surface area (Å²) < 4.78 is 0. The SMILES string of the molecule is C[C@H](Sc1ccccc1)C(=O)[C@@H](C)c1ccccc1. The number of hydrogen-bond donors (Lipinski definition) is 0. The molecule has 2 heteroatoms. The van der Waals surface area contributed by atoms with Crippen LogP contribution in [0, 0.1) is 0 Å². The van der Waals surface area contributed by atoms with Crippen LogP contribution in [-0.4, -0.2) is 11.0 Å². The number of thioether (sulfide) groups is 1. The van der Waals surface area contributed by atoms with Gasteiger partial charge in [0.15, 0.2) is 5.78 Å². The lowest BCUT2D eigenvalue weighted by Gasteiger charge is -2.16. The predicted octanol–water partition coefficient (Wildman–Crippen LogP) is 4.54. The van der Waals surface area contributed by atoms with Crippen molar-refractivity contribution in [2.45, 2.75) is 29.9 Å². The van der Waals surface area contributed by atoms with Crippen molar-refractivity contribution in [3.05, 3.63) is 66.2 Å². The number of ketones is 1. The molecule has 0 aromatic heterocycles. The Balaban J connectivity index is 2.03. The summed E-state index contributed by atoms with van der Waals surface area (Å²) in [6.45, 7) is 3.97. The number of Topliss-reactive ketones (excluding diaryl/α,β-unsaturated/α-hetero) is 1. The van der Waals surface area contributed by atoms with E-state index in [0.29, 0.717) is 0 Å². The van der Waals surface area contributed by atoms with Gasteiger partial charge in [0.2, 0.25) is 0 Å². The fraction of sp³-hybridized carbons (Fsp3) is 0.235. The van der Waals surface area contributed by atoms with Crippen LogP contribution in [0.4, 0.5) is 0 Å². The quantitative estimate of drug-likeness (QED) is 0.742. The number of rotatable bonds is 5. The van der Waals surface area contributed by atoms with Gasteiger partial charge in [-0.3, -0.25) is 4.79 Å². The summed E-state index contributed by atoms with van der Waals surface area (Å²) in [4.78, 5) is 13.6. The van der Waals surface area contributed by atoms with Crippen molar-refractivity contribution >= 4 is 17.5 Å². The molecular weight excluding hydrogens is 252 g/mol. The minimum atomic E-state index is -0.0487. The average Bonchev–Trinajstić information content (AvgIpc) is 2.47. The molecule has 0 bridgehead atoms. The molecule has 0 saturated heterocycles. The molecule has 98 valence electrons. The zero-order valence-corrected chi connectivity index (χ0v) is 12.1. The molecule has 19 heavy (non-hydrogen) atoms. The van der Waals surface area contributed by atoms with E-state index < -0.39 is 0 Å². The standard InChI is InChI=1S/C17H18OS/c1-13(15-9-5-3-6-10-15)17(18)14(2)19-16-11-7-4-8-12-16/h3-14H,1-2H3/t13-,14-/m0/s1. The molecule has 1 nitrogen and oxygen atoms in total. The highest BCUT2D eigenvalue weighted by Crippen LogP contribution is 2.28. The molecule has 0 saturated carbocycles. The molecule has 0 spiro atoms. The maximum absolute atomic E-state index is 12.4. The summed E-state index contributed by atoms with van der Waals surface area (Å²) in [6.07, 6.45) is 0. The first-order chi connectivity index (χ1) is 9.18. The van der Waals surface area contributed by atoms with Gasteiger partial charge in [0.1, 0.15) is 0 Å². The molecule has 0 unspecified atom stereocenters. The van der Waals surface area contributed by atoms with E-state index in [-0.39, 0.29) is 17.0 Å². The minimum Gasteiger partial charge on any atom is -0.298 e. The van der Waals surface area contributed by atoms with Gasteiger partial charge in [0, 0.05) is 10.8 Å². The van der Waals surface area contributed by atoms with E-state index in [2.05, 4.69) is 0 Å². The molecule has 2 aromatic rings. The average molecular weight is 270 g/mol. The Bertz CT molecular complexity index is 521. The lowest BCUT2D eigenvalue weighted by atomic mass is 9.95. The fourth-order valence-corrected chi connectivity index (χ4v) is 3.06. The van der Waals surface area contributed by atoms with Gasteiger partial charge in [0.05, 0.1) is 5.25 Å². The number of benzene rings is 2. The Hall–Kier alpha value is -1.54. The molecule has 0 aliphatic rings. The Labute approximate surface area is 119 Å². The molecule has 0 N–H and O–H groups in total. The summed E-state index contributed by atoms with van der Waals surface area (Å²) in [5, 5.41) is -0.0300. The molecule has 0 fully saturated rings. The van der Waals surface area contributed by atoms with E-state index in [4.69, 9.17) is 0 Å². The highest BCUT2D eigenvalue weighted by molar-refractivity contribution is 8.00. The van der Waals surface area contributed by atoms with Gasteiger partial charge in [-0.1, -0.05) is 55.5 Å². The molecule has 0 radical (unpaired) electrons. The van der Waals surface area contributed by atoms with Crippen LogP contribution in [0.2, 0.25) is 0 Å². The van der Waals surface area contributed by atoms with Crippen LogP contribution in [0.3, 0.4) is 0 Å². The molecule has 2 aromatic carbocycles. The lowest BCUT2D eigenvalue weighted by Crippen LogP contribution is -2.19. The Morgan fingerprint density at radius 2 is 1.42 bits per heavy atom. The maximum atomic E-state index is 12.4. The zero-order chi connectivity index (χ0) is 13.7. The van der Waals surface area contributed by atoms with Crippen LogP contribution >= 0.6 is 11.8 Å². The van der Waals surface area contributed by atoms with Crippen LogP contribution < -0.4 is 0 Å². The summed E-state index contributed by atoms with van der Waals surface area (Å²) in [5.41, 5.74) is 1.09. The summed E-state index contributed by atoms with van der Waals surface area (Å²) >= 11 is 1.63. The van der Waals surface area contributed by atoms with Gasteiger partial charge in [-0.25, -0.2) is 0 Å². The lowest BCUT2D eigenvalue weighted by molar-refractivity contribution is -0.119. The highest BCUT2D eigenvalue weighted by Gasteiger charge is 2.21. The monoisotopic (exact) mass is 270 g/mol. The fourth-order valence-electron chi connectivity index (χ4n) is 2.02.